The van der Waals surface area contributed by atoms with E-state index in [9.17, 15) is 9.59 Å². The number of esters is 1. The Morgan fingerprint density at radius 2 is 1.59 bits per heavy atom. The van der Waals surface area contributed by atoms with Gasteiger partial charge in [0.1, 0.15) is 5.75 Å². The maximum atomic E-state index is 12.6. The molecule has 142 valence electrons. The first kappa shape index (κ1) is 18.8. The smallest absolute Gasteiger partial charge is 0.339 e. The predicted molar refractivity (Wildman–Crippen MR) is 103 cm³/mol. The molecule has 0 N–H and O–H groups in total. The van der Waals surface area contributed by atoms with Crippen LogP contribution in [0.25, 0.3) is 0 Å². The molecule has 0 atom stereocenters. The van der Waals surface area contributed by atoms with Gasteiger partial charge in [-0.15, -0.1) is 0 Å². The van der Waals surface area contributed by atoms with Crippen molar-refractivity contribution in [2.75, 3.05) is 45.3 Å². The predicted octanol–water partition coefficient (Wildman–Crippen LogP) is 2.37. The molecule has 0 unspecified atom stereocenters. The molecule has 3 rings (SSSR count). The number of nitrogens with zero attached hydrogens (tertiary/aromatic N) is 2. The van der Waals surface area contributed by atoms with Crippen LogP contribution in [0.15, 0.2) is 48.5 Å². The summed E-state index contributed by atoms with van der Waals surface area (Å²) >= 11 is 0. The molecule has 1 saturated heterocycles. The van der Waals surface area contributed by atoms with Crippen LogP contribution < -0.4 is 9.64 Å². The number of ether oxygens (including phenoxy) is 2. The zero-order valence-corrected chi connectivity index (χ0v) is 15.7. The Labute approximate surface area is 159 Å². The van der Waals surface area contributed by atoms with Crippen LogP contribution in [0.3, 0.4) is 0 Å². The van der Waals surface area contributed by atoms with E-state index in [2.05, 4.69) is 4.90 Å². The molecule has 1 heterocycles. The summed E-state index contributed by atoms with van der Waals surface area (Å²) in [5, 5.41) is 0. The second kappa shape index (κ2) is 8.58. The molecule has 0 aliphatic carbocycles. The Morgan fingerprint density at radius 3 is 2.22 bits per heavy atom. The molecule has 1 aliphatic rings. The minimum Gasteiger partial charge on any atom is -0.497 e. The summed E-state index contributed by atoms with van der Waals surface area (Å²) in [6.07, 6.45) is 0.378. The Balaban J connectivity index is 1.60. The Bertz CT molecular complexity index is 796. The van der Waals surface area contributed by atoms with E-state index in [4.69, 9.17) is 9.47 Å². The van der Waals surface area contributed by atoms with Gasteiger partial charge in [-0.1, -0.05) is 24.3 Å². The number of piperazine rings is 1. The number of hydrogen-bond donors (Lipinski definition) is 0. The van der Waals surface area contributed by atoms with E-state index in [0.29, 0.717) is 38.2 Å². The van der Waals surface area contributed by atoms with E-state index < -0.39 is 0 Å². The number of benzene rings is 2. The molecule has 2 aromatic carbocycles. The van der Waals surface area contributed by atoms with Crippen molar-refractivity contribution in [2.45, 2.75) is 6.42 Å². The molecule has 0 bridgehead atoms. The summed E-state index contributed by atoms with van der Waals surface area (Å²) in [7, 11) is 3.01. The van der Waals surface area contributed by atoms with E-state index in [-0.39, 0.29) is 11.9 Å². The lowest BCUT2D eigenvalue weighted by atomic mass is 10.1. The van der Waals surface area contributed by atoms with Crippen LogP contribution in [0, 0.1) is 0 Å². The van der Waals surface area contributed by atoms with E-state index in [1.165, 1.54) is 7.11 Å². The van der Waals surface area contributed by atoms with Gasteiger partial charge >= 0.3 is 5.97 Å². The number of anilines is 1. The summed E-state index contributed by atoms with van der Waals surface area (Å²) in [6.45, 7) is 2.62. The number of carbonyl (C=O) groups excluding carboxylic acids is 2. The first-order valence-corrected chi connectivity index (χ1v) is 8.95. The Hall–Kier alpha value is -3.02. The largest absolute Gasteiger partial charge is 0.497 e. The quantitative estimate of drug-likeness (QED) is 0.759. The van der Waals surface area contributed by atoms with Crippen molar-refractivity contribution in [3.8, 4) is 5.75 Å². The van der Waals surface area contributed by atoms with Gasteiger partial charge in [-0.05, 0) is 29.8 Å². The summed E-state index contributed by atoms with van der Waals surface area (Å²) in [5.41, 5.74) is 2.38. The molecule has 2 aromatic rings. The minimum atomic E-state index is -0.344. The third-order valence-electron chi connectivity index (χ3n) is 4.80. The topological polar surface area (TPSA) is 59.1 Å². The van der Waals surface area contributed by atoms with Crippen molar-refractivity contribution >= 4 is 17.6 Å². The monoisotopic (exact) mass is 368 g/mol. The van der Waals surface area contributed by atoms with E-state index in [0.717, 1.165) is 17.0 Å². The zero-order chi connectivity index (χ0) is 19.2. The van der Waals surface area contributed by atoms with Crippen LogP contribution >= 0.6 is 0 Å². The molecule has 0 radical (unpaired) electrons. The van der Waals surface area contributed by atoms with Gasteiger partial charge in [-0.2, -0.15) is 0 Å². The van der Waals surface area contributed by atoms with Crippen molar-refractivity contribution in [2.24, 2.45) is 0 Å². The molecule has 0 aromatic heterocycles. The number of carbonyl (C=O) groups is 2. The molecular weight excluding hydrogens is 344 g/mol. The van der Waals surface area contributed by atoms with Gasteiger partial charge in [0.15, 0.2) is 0 Å². The van der Waals surface area contributed by atoms with Gasteiger partial charge in [0.05, 0.1) is 31.9 Å². The fraction of sp³-hybridized carbons (Fsp3) is 0.333. The van der Waals surface area contributed by atoms with Crippen molar-refractivity contribution in [1.82, 2.24) is 4.90 Å². The molecule has 1 amide bonds. The maximum absolute atomic E-state index is 12.6. The fourth-order valence-electron chi connectivity index (χ4n) is 3.26. The van der Waals surface area contributed by atoms with Gasteiger partial charge in [-0.3, -0.25) is 4.79 Å². The van der Waals surface area contributed by atoms with Crippen molar-refractivity contribution in [1.29, 1.82) is 0 Å². The fourth-order valence-corrected chi connectivity index (χ4v) is 3.26. The first-order valence-electron chi connectivity index (χ1n) is 8.95. The molecule has 0 saturated carbocycles. The maximum Gasteiger partial charge on any atom is 0.339 e. The summed E-state index contributed by atoms with van der Waals surface area (Å²) in [4.78, 5) is 28.6. The summed E-state index contributed by atoms with van der Waals surface area (Å²) in [6, 6.07) is 15.0. The van der Waals surface area contributed by atoms with Crippen LogP contribution in [-0.4, -0.2) is 57.2 Å². The summed E-state index contributed by atoms with van der Waals surface area (Å²) < 4.78 is 10.0. The van der Waals surface area contributed by atoms with Crippen LogP contribution in [-0.2, 0) is 16.0 Å². The highest BCUT2D eigenvalue weighted by Gasteiger charge is 2.24. The highest BCUT2D eigenvalue weighted by Crippen LogP contribution is 2.23. The molecule has 6 heteroatoms. The number of hydrogen-bond acceptors (Lipinski definition) is 5. The Kier molecular flexibility index (Phi) is 5.96. The van der Waals surface area contributed by atoms with Gasteiger partial charge in [0.25, 0.3) is 0 Å². The zero-order valence-electron chi connectivity index (χ0n) is 15.7. The van der Waals surface area contributed by atoms with E-state index in [1.54, 1.807) is 13.2 Å². The van der Waals surface area contributed by atoms with E-state index in [1.807, 2.05) is 47.4 Å². The number of para-hydroxylation sites is 1. The minimum absolute atomic E-state index is 0.112. The van der Waals surface area contributed by atoms with Crippen molar-refractivity contribution < 1.29 is 19.1 Å². The average molecular weight is 368 g/mol. The van der Waals surface area contributed by atoms with Gasteiger partial charge < -0.3 is 19.3 Å². The molecule has 0 spiro atoms. The Morgan fingerprint density at radius 1 is 0.926 bits per heavy atom. The standard InChI is InChI=1S/C21H24N2O4/c1-26-17-9-7-16(8-10-17)15-20(24)23-13-11-22(12-14-23)19-6-4-3-5-18(19)21(25)27-2/h3-10H,11-15H2,1-2H3. The third kappa shape index (κ3) is 4.39. The molecule has 6 nitrogen and oxygen atoms in total. The molecule has 1 aliphatic heterocycles. The van der Waals surface area contributed by atoms with Crippen LogP contribution in [0.5, 0.6) is 5.75 Å². The lowest BCUT2D eigenvalue weighted by Gasteiger charge is -2.36. The van der Waals surface area contributed by atoms with Crippen LogP contribution in [0.2, 0.25) is 0 Å². The first-order chi connectivity index (χ1) is 13.1. The number of methoxy groups -OCH3 is 2. The second-order valence-corrected chi connectivity index (χ2v) is 6.40. The van der Waals surface area contributed by atoms with Crippen LogP contribution in [0.1, 0.15) is 15.9 Å². The highest BCUT2D eigenvalue weighted by atomic mass is 16.5. The van der Waals surface area contributed by atoms with Crippen LogP contribution in [0.4, 0.5) is 5.69 Å². The second-order valence-electron chi connectivity index (χ2n) is 6.40. The molecular formula is C21H24N2O4. The lowest BCUT2D eigenvalue weighted by Crippen LogP contribution is -2.49. The van der Waals surface area contributed by atoms with Gasteiger partial charge in [-0.25, -0.2) is 4.79 Å². The normalized spacial score (nSPS) is 14.0. The third-order valence-corrected chi connectivity index (χ3v) is 4.80. The lowest BCUT2D eigenvalue weighted by molar-refractivity contribution is -0.130. The molecule has 27 heavy (non-hydrogen) atoms. The number of rotatable bonds is 5. The molecule has 1 fully saturated rings. The number of amides is 1. The average Bonchev–Trinajstić information content (AvgIpc) is 2.73. The van der Waals surface area contributed by atoms with E-state index >= 15 is 0 Å². The summed E-state index contributed by atoms with van der Waals surface area (Å²) in [5.74, 6) is 0.550. The SMILES string of the molecule is COC(=O)c1ccccc1N1CCN(C(=O)Cc2ccc(OC)cc2)CC1. The van der Waals surface area contributed by atoms with Gasteiger partial charge in [0.2, 0.25) is 5.91 Å². The van der Waals surface area contributed by atoms with Crippen molar-refractivity contribution in [3.05, 3.63) is 59.7 Å². The van der Waals surface area contributed by atoms with Crippen molar-refractivity contribution in [3.63, 3.8) is 0 Å². The highest BCUT2D eigenvalue weighted by molar-refractivity contribution is 5.95. The van der Waals surface area contributed by atoms with Gasteiger partial charge in [0, 0.05) is 26.2 Å².